The number of nitrogens with one attached hydrogen (secondary N) is 2. The summed E-state index contributed by atoms with van der Waals surface area (Å²) in [5.41, 5.74) is 1.54. The van der Waals surface area contributed by atoms with E-state index in [4.69, 9.17) is 8.94 Å². The average Bonchev–Trinajstić information content (AvgIpc) is 3.42. The first-order valence-corrected chi connectivity index (χ1v) is 10.00. The summed E-state index contributed by atoms with van der Waals surface area (Å²) in [6.07, 6.45) is 2.26. The van der Waals surface area contributed by atoms with Crippen LogP contribution in [-0.2, 0) is 6.42 Å². The van der Waals surface area contributed by atoms with Gasteiger partial charge in [-0.05, 0) is 38.1 Å². The topological polar surface area (TPSA) is 101 Å². The van der Waals surface area contributed by atoms with Crippen molar-refractivity contribution in [1.29, 1.82) is 0 Å². The monoisotopic (exact) mass is 404 g/mol. The molecule has 0 saturated carbocycles. The smallest absolute Gasteiger partial charge is 0.276 e. The summed E-state index contributed by atoms with van der Waals surface area (Å²) < 4.78 is 11.2. The maximum absolute atomic E-state index is 5.94. The molecule has 0 fully saturated rings. The molecule has 0 bridgehead atoms. The first kappa shape index (κ1) is 19.6. The van der Waals surface area contributed by atoms with E-state index >= 15 is 0 Å². The standard InChI is InChI=1S/C22H24N6O2/c1-3-23-22(26-15(2)19-14-16-8-4-5-10-18(16)29-19)25-13-11-20-27-21(30-28-20)17-9-6-7-12-24-17/h4-10,12,14-15H,3,11,13H2,1-2H3,(H2,23,25,26). The van der Waals surface area contributed by atoms with Gasteiger partial charge >= 0.3 is 0 Å². The van der Waals surface area contributed by atoms with Crippen LogP contribution in [0.5, 0.6) is 0 Å². The molecule has 4 aromatic rings. The molecule has 0 spiro atoms. The van der Waals surface area contributed by atoms with E-state index in [0.717, 1.165) is 23.3 Å². The molecule has 2 N–H and O–H groups in total. The Labute approximate surface area is 174 Å². The number of rotatable bonds is 7. The Morgan fingerprint density at radius 2 is 2.03 bits per heavy atom. The van der Waals surface area contributed by atoms with Gasteiger partial charge in [0.2, 0.25) is 0 Å². The highest BCUT2D eigenvalue weighted by Gasteiger charge is 2.13. The normalized spacial score (nSPS) is 12.8. The first-order valence-electron chi connectivity index (χ1n) is 10.00. The van der Waals surface area contributed by atoms with Crippen LogP contribution in [-0.4, -0.2) is 34.2 Å². The number of fused-ring (bicyclic) bond motifs is 1. The van der Waals surface area contributed by atoms with Gasteiger partial charge in [-0.15, -0.1) is 0 Å². The minimum absolute atomic E-state index is 0.0314. The van der Waals surface area contributed by atoms with Gasteiger partial charge in [-0.2, -0.15) is 4.98 Å². The minimum atomic E-state index is -0.0314. The van der Waals surface area contributed by atoms with Crippen LogP contribution in [0.2, 0.25) is 0 Å². The molecule has 1 unspecified atom stereocenters. The molecular weight excluding hydrogens is 380 g/mol. The van der Waals surface area contributed by atoms with Crippen molar-refractivity contribution in [2.45, 2.75) is 26.3 Å². The van der Waals surface area contributed by atoms with Crippen molar-refractivity contribution in [2.75, 3.05) is 13.1 Å². The Hall–Kier alpha value is -3.68. The molecule has 0 amide bonds. The van der Waals surface area contributed by atoms with Crippen molar-refractivity contribution in [2.24, 2.45) is 4.99 Å². The molecule has 0 aliphatic carbocycles. The number of hydrogen-bond donors (Lipinski definition) is 2. The van der Waals surface area contributed by atoms with Crippen LogP contribution in [0.1, 0.15) is 31.5 Å². The van der Waals surface area contributed by atoms with Gasteiger partial charge in [-0.3, -0.25) is 9.98 Å². The molecular formula is C22H24N6O2. The number of aliphatic imine (C=N–C) groups is 1. The third-order valence-electron chi connectivity index (χ3n) is 4.53. The summed E-state index contributed by atoms with van der Waals surface area (Å²) >= 11 is 0. The van der Waals surface area contributed by atoms with Gasteiger partial charge in [0, 0.05) is 31.1 Å². The zero-order chi connectivity index (χ0) is 20.8. The summed E-state index contributed by atoms with van der Waals surface area (Å²) in [6, 6.07) is 15.6. The highest BCUT2D eigenvalue weighted by Crippen LogP contribution is 2.23. The van der Waals surface area contributed by atoms with E-state index in [1.807, 2.05) is 56.3 Å². The Morgan fingerprint density at radius 3 is 2.83 bits per heavy atom. The quantitative estimate of drug-likeness (QED) is 0.357. The molecule has 1 aromatic carbocycles. The van der Waals surface area contributed by atoms with Crippen LogP contribution in [0, 0.1) is 0 Å². The average molecular weight is 404 g/mol. The van der Waals surface area contributed by atoms with Crippen molar-refractivity contribution in [3.63, 3.8) is 0 Å². The third kappa shape index (κ3) is 4.65. The fourth-order valence-electron chi connectivity index (χ4n) is 3.03. The van der Waals surface area contributed by atoms with Crippen LogP contribution < -0.4 is 10.6 Å². The van der Waals surface area contributed by atoms with Crippen LogP contribution >= 0.6 is 0 Å². The third-order valence-corrected chi connectivity index (χ3v) is 4.53. The Kier molecular flexibility index (Phi) is 6.03. The van der Waals surface area contributed by atoms with Crippen molar-refractivity contribution < 1.29 is 8.94 Å². The fraction of sp³-hybridized carbons (Fsp3) is 0.273. The van der Waals surface area contributed by atoms with Crippen molar-refractivity contribution in [1.82, 2.24) is 25.8 Å². The molecule has 3 heterocycles. The van der Waals surface area contributed by atoms with Crippen molar-refractivity contribution in [3.05, 3.63) is 66.3 Å². The molecule has 4 rings (SSSR count). The van der Waals surface area contributed by atoms with Gasteiger partial charge < -0.3 is 19.6 Å². The molecule has 0 saturated heterocycles. The molecule has 0 aliphatic rings. The number of nitrogens with zero attached hydrogens (tertiary/aromatic N) is 4. The van der Waals surface area contributed by atoms with Gasteiger partial charge in [0.05, 0.1) is 6.04 Å². The molecule has 0 aliphatic heterocycles. The molecule has 30 heavy (non-hydrogen) atoms. The summed E-state index contributed by atoms with van der Waals surface area (Å²) in [4.78, 5) is 13.2. The zero-order valence-electron chi connectivity index (χ0n) is 17.0. The molecule has 1 atom stereocenters. The highest BCUT2D eigenvalue weighted by atomic mass is 16.5. The van der Waals surface area contributed by atoms with E-state index in [2.05, 4.69) is 36.8 Å². The zero-order valence-corrected chi connectivity index (χ0v) is 17.0. The molecule has 8 heteroatoms. The second-order valence-corrected chi connectivity index (χ2v) is 6.79. The highest BCUT2D eigenvalue weighted by molar-refractivity contribution is 5.81. The van der Waals surface area contributed by atoms with Crippen LogP contribution in [0.15, 0.2) is 68.7 Å². The predicted molar refractivity (Wildman–Crippen MR) is 115 cm³/mol. The van der Waals surface area contributed by atoms with Crippen LogP contribution in [0.25, 0.3) is 22.6 Å². The lowest BCUT2D eigenvalue weighted by Crippen LogP contribution is -2.38. The van der Waals surface area contributed by atoms with Crippen molar-refractivity contribution in [3.8, 4) is 11.6 Å². The summed E-state index contributed by atoms with van der Waals surface area (Å²) in [5, 5.41) is 11.7. The maximum atomic E-state index is 5.94. The number of aromatic nitrogens is 3. The van der Waals surface area contributed by atoms with E-state index in [1.54, 1.807) is 6.20 Å². The molecule has 3 aromatic heterocycles. The summed E-state index contributed by atoms with van der Waals surface area (Å²) in [5.74, 6) is 2.58. The van der Waals surface area contributed by atoms with Gasteiger partial charge in [-0.1, -0.05) is 29.4 Å². The van der Waals surface area contributed by atoms with Crippen molar-refractivity contribution >= 4 is 16.9 Å². The fourth-order valence-corrected chi connectivity index (χ4v) is 3.03. The maximum Gasteiger partial charge on any atom is 0.276 e. The number of hydrogen-bond acceptors (Lipinski definition) is 6. The van der Waals surface area contributed by atoms with E-state index < -0.39 is 0 Å². The lowest BCUT2D eigenvalue weighted by Gasteiger charge is -2.15. The Bertz CT molecular complexity index is 1090. The number of pyridine rings is 1. The number of para-hydroxylation sites is 1. The van der Waals surface area contributed by atoms with Gasteiger partial charge in [0.15, 0.2) is 11.8 Å². The lowest BCUT2D eigenvalue weighted by molar-refractivity contribution is 0.421. The van der Waals surface area contributed by atoms with E-state index in [1.165, 1.54) is 0 Å². The Morgan fingerprint density at radius 1 is 1.17 bits per heavy atom. The number of guanidine groups is 1. The molecule has 0 radical (unpaired) electrons. The van der Waals surface area contributed by atoms with E-state index in [-0.39, 0.29) is 6.04 Å². The predicted octanol–water partition coefficient (Wildman–Crippen LogP) is 3.74. The molecule has 154 valence electrons. The lowest BCUT2D eigenvalue weighted by atomic mass is 10.2. The van der Waals surface area contributed by atoms with Gasteiger partial charge in [0.25, 0.3) is 5.89 Å². The van der Waals surface area contributed by atoms with E-state index in [0.29, 0.717) is 36.3 Å². The Balaban J connectivity index is 1.38. The largest absolute Gasteiger partial charge is 0.459 e. The minimum Gasteiger partial charge on any atom is -0.459 e. The molecule has 8 nitrogen and oxygen atoms in total. The van der Waals surface area contributed by atoms with Gasteiger partial charge in [0.1, 0.15) is 17.0 Å². The van der Waals surface area contributed by atoms with Gasteiger partial charge in [-0.25, -0.2) is 0 Å². The van der Waals surface area contributed by atoms with Crippen LogP contribution in [0.3, 0.4) is 0 Å². The first-order chi connectivity index (χ1) is 14.7. The summed E-state index contributed by atoms with van der Waals surface area (Å²) in [7, 11) is 0. The number of benzene rings is 1. The SMILES string of the molecule is CCNC(=NCCc1noc(-c2ccccn2)n1)NC(C)c1cc2ccccc2o1. The summed E-state index contributed by atoms with van der Waals surface area (Å²) in [6.45, 7) is 5.35. The number of furan rings is 1. The van der Waals surface area contributed by atoms with Crippen LogP contribution in [0.4, 0.5) is 0 Å². The van der Waals surface area contributed by atoms with E-state index in [9.17, 15) is 0 Å². The second-order valence-electron chi connectivity index (χ2n) is 6.79. The second kappa shape index (κ2) is 9.21.